The molecule has 1 aromatic rings. The van der Waals surface area contributed by atoms with Crippen molar-refractivity contribution in [2.24, 2.45) is 0 Å². The minimum absolute atomic E-state index is 0.215. The van der Waals surface area contributed by atoms with Crippen molar-refractivity contribution < 1.29 is 9.31 Å². The first-order valence-electron chi connectivity index (χ1n) is 3.75. The van der Waals surface area contributed by atoms with E-state index in [1.807, 2.05) is 31.2 Å². The molecule has 0 aromatic heterocycles. The van der Waals surface area contributed by atoms with Crippen LogP contribution in [0.25, 0.3) is 0 Å². The largest absolute Gasteiger partial charge is 0.576 e. The van der Waals surface area contributed by atoms with Crippen LogP contribution in [0.3, 0.4) is 0 Å². The lowest BCUT2D eigenvalue weighted by molar-refractivity contribution is 0.413. The van der Waals surface area contributed by atoms with Crippen LogP contribution in [0, 0.1) is 6.92 Å². The van der Waals surface area contributed by atoms with Gasteiger partial charge in [-0.3, -0.25) is 0 Å². The summed E-state index contributed by atoms with van der Waals surface area (Å²) in [5.41, 5.74) is 1.21. The van der Waals surface area contributed by atoms with Crippen molar-refractivity contribution in [3.8, 4) is 5.75 Å². The lowest BCUT2D eigenvalue weighted by Gasteiger charge is -2.03. The van der Waals surface area contributed by atoms with Gasteiger partial charge < -0.3 is 9.31 Å². The number of aryl methyl sites for hydroxylation is 1. The van der Waals surface area contributed by atoms with Gasteiger partial charge in [-0.1, -0.05) is 24.3 Å². The van der Waals surface area contributed by atoms with Crippen LogP contribution in [0.4, 0.5) is 0 Å². The topological polar surface area (TPSA) is 18.5 Å². The Bertz CT molecular complexity index is 243. The van der Waals surface area contributed by atoms with Crippen molar-refractivity contribution in [1.82, 2.24) is 0 Å². The molecule has 0 atom stereocenters. The van der Waals surface area contributed by atoms with E-state index in [-0.39, 0.29) is 7.69 Å². The van der Waals surface area contributed by atoms with Crippen molar-refractivity contribution in [2.75, 3.05) is 0 Å². The van der Waals surface area contributed by atoms with E-state index in [2.05, 4.69) is 6.58 Å². The van der Waals surface area contributed by atoms with Gasteiger partial charge in [-0.25, -0.2) is 0 Å². The molecular weight excluding hydrogens is 151 g/mol. The molecule has 0 radical (unpaired) electrons. The molecular formula is C9H11BO2. The molecule has 12 heavy (non-hydrogen) atoms. The Labute approximate surface area is 73.1 Å². The van der Waals surface area contributed by atoms with E-state index in [1.165, 1.54) is 11.8 Å². The summed E-state index contributed by atoms with van der Waals surface area (Å²) in [6, 6.07) is 7.79. The summed E-state index contributed by atoms with van der Waals surface area (Å²) in [6.07, 6.45) is 1.36. The first-order valence-corrected chi connectivity index (χ1v) is 3.75. The molecule has 1 aromatic carbocycles. The first kappa shape index (κ1) is 8.72. The van der Waals surface area contributed by atoms with Gasteiger partial charge in [-0.15, -0.1) is 0 Å². The van der Waals surface area contributed by atoms with E-state index in [1.54, 1.807) is 0 Å². The summed E-state index contributed by atoms with van der Waals surface area (Å²) in [5.74, 6) is 0.808. The van der Waals surface area contributed by atoms with Gasteiger partial charge in [0.05, 0.1) is 6.26 Å². The van der Waals surface area contributed by atoms with Crippen LogP contribution < -0.4 is 4.65 Å². The molecule has 1 rings (SSSR count). The highest BCUT2D eigenvalue weighted by Gasteiger charge is 1.93. The molecule has 0 bridgehead atoms. The molecule has 0 fully saturated rings. The summed E-state index contributed by atoms with van der Waals surface area (Å²) >= 11 is 0. The Hall–Kier alpha value is -1.38. The Kier molecular flexibility index (Phi) is 3.26. The van der Waals surface area contributed by atoms with Gasteiger partial charge in [0, 0.05) is 0 Å². The zero-order valence-corrected chi connectivity index (χ0v) is 7.12. The second kappa shape index (κ2) is 4.49. The Morgan fingerprint density at radius 3 is 2.58 bits per heavy atom. The smallest absolute Gasteiger partial charge is 0.535 e. The third kappa shape index (κ3) is 2.70. The number of rotatable bonds is 4. The summed E-state index contributed by atoms with van der Waals surface area (Å²) < 4.78 is 10.0. The van der Waals surface area contributed by atoms with Crippen LogP contribution in [0.5, 0.6) is 5.75 Å². The predicted molar refractivity (Wildman–Crippen MR) is 50.2 cm³/mol. The average Bonchev–Trinajstić information content (AvgIpc) is 2.09. The third-order valence-corrected chi connectivity index (χ3v) is 1.43. The van der Waals surface area contributed by atoms with Crippen molar-refractivity contribution in [2.45, 2.75) is 6.92 Å². The summed E-state index contributed by atoms with van der Waals surface area (Å²) in [7, 11) is 0.215. The molecule has 0 spiro atoms. The van der Waals surface area contributed by atoms with Gasteiger partial charge in [0.2, 0.25) is 0 Å². The average molecular weight is 162 g/mol. The molecule has 3 heteroatoms. The quantitative estimate of drug-likeness (QED) is 0.381. The highest BCUT2D eigenvalue weighted by Crippen LogP contribution is 2.10. The van der Waals surface area contributed by atoms with Crippen LogP contribution in [0.15, 0.2) is 37.1 Å². The molecule has 0 unspecified atom stereocenters. The van der Waals surface area contributed by atoms with Crippen LogP contribution in [-0.2, 0) is 4.65 Å². The van der Waals surface area contributed by atoms with Gasteiger partial charge in [0.15, 0.2) is 0 Å². The summed E-state index contributed by atoms with van der Waals surface area (Å²) in [4.78, 5) is 0. The van der Waals surface area contributed by atoms with Crippen molar-refractivity contribution in [3.05, 3.63) is 42.7 Å². The van der Waals surface area contributed by atoms with Gasteiger partial charge in [-0.05, 0) is 19.1 Å². The molecule has 0 heterocycles. The molecule has 0 aliphatic carbocycles. The fraction of sp³-hybridized carbons (Fsp3) is 0.111. The lowest BCUT2D eigenvalue weighted by Crippen LogP contribution is -2.03. The molecule has 0 aliphatic rings. The maximum Gasteiger partial charge on any atom is 0.576 e. The first-order chi connectivity index (χ1) is 5.83. The normalized spacial score (nSPS) is 8.75. The van der Waals surface area contributed by atoms with Gasteiger partial charge in [-0.2, -0.15) is 0 Å². The van der Waals surface area contributed by atoms with E-state index in [4.69, 9.17) is 9.31 Å². The van der Waals surface area contributed by atoms with Crippen molar-refractivity contribution in [3.63, 3.8) is 0 Å². The molecule has 0 aliphatic heterocycles. The molecule has 2 nitrogen and oxygen atoms in total. The SMILES string of the molecule is C=COBOc1ccc(C)cc1. The fourth-order valence-electron chi connectivity index (χ4n) is 0.785. The van der Waals surface area contributed by atoms with E-state index in [9.17, 15) is 0 Å². The highest BCUT2D eigenvalue weighted by molar-refractivity contribution is 6.19. The summed E-state index contributed by atoms with van der Waals surface area (Å²) in [5, 5.41) is 0. The molecule has 0 amide bonds. The third-order valence-electron chi connectivity index (χ3n) is 1.43. The highest BCUT2D eigenvalue weighted by atomic mass is 16.6. The van der Waals surface area contributed by atoms with Crippen LogP contribution in [0.2, 0.25) is 0 Å². The fourth-order valence-corrected chi connectivity index (χ4v) is 0.785. The van der Waals surface area contributed by atoms with Crippen LogP contribution in [0.1, 0.15) is 5.56 Å². The number of hydrogen-bond acceptors (Lipinski definition) is 2. The molecule has 62 valence electrons. The second-order valence-electron chi connectivity index (χ2n) is 2.41. The van der Waals surface area contributed by atoms with E-state index in [0.717, 1.165) is 5.75 Å². The minimum Gasteiger partial charge on any atom is -0.535 e. The standard InChI is InChI=1S/C9H11BO2/c1-3-11-10-12-9-6-4-8(2)5-7-9/h3-7,10H,1H2,2H3. The molecule has 0 saturated heterocycles. The Balaban J connectivity index is 2.42. The zero-order valence-electron chi connectivity index (χ0n) is 7.12. The van der Waals surface area contributed by atoms with Crippen LogP contribution >= 0.6 is 0 Å². The maximum atomic E-state index is 5.21. The van der Waals surface area contributed by atoms with E-state index in [0.29, 0.717) is 0 Å². The second-order valence-corrected chi connectivity index (χ2v) is 2.41. The monoisotopic (exact) mass is 162 g/mol. The zero-order chi connectivity index (χ0) is 8.81. The number of hydrogen-bond donors (Lipinski definition) is 0. The van der Waals surface area contributed by atoms with Gasteiger partial charge in [0.25, 0.3) is 0 Å². The van der Waals surface area contributed by atoms with E-state index >= 15 is 0 Å². The predicted octanol–water partition coefficient (Wildman–Crippen LogP) is 1.80. The summed E-state index contributed by atoms with van der Waals surface area (Å²) in [6.45, 7) is 5.44. The van der Waals surface area contributed by atoms with Crippen molar-refractivity contribution >= 4 is 7.69 Å². The van der Waals surface area contributed by atoms with E-state index < -0.39 is 0 Å². The number of benzene rings is 1. The van der Waals surface area contributed by atoms with Crippen molar-refractivity contribution in [1.29, 1.82) is 0 Å². The minimum atomic E-state index is 0.215. The van der Waals surface area contributed by atoms with Crippen LogP contribution in [-0.4, -0.2) is 7.69 Å². The molecule has 0 saturated carbocycles. The lowest BCUT2D eigenvalue weighted by atomic mass is 10.2. The van der Waals surface area contributed by atoms with Gasteiger partial charge in [0.1, 0.15) is 5.75 Å². The van der Waals surface area contributed by atoms with Gasteiger partial charge >= 0.3 is 7.69 Å². The Morgan fingerprint density at radius 2 is 2.00 bits per heavy atom. The molecule has 0 N–H and O–H groups in total. The Morgan fingerprint density at radius 1 is 1.33 bits per heavy atom. The maximum absolute atomic E-state index is 5.21.